The summed E-state index contributed by atoms with van der Waals surface area (Å²) in [6, 6.07) is 5.35. The molecule has 2 heterocycles. The Hall–Kier alpha value is -2.97. The number of carbonyl (C=O) groups is 1. The monoisotopic (exact) mass is 353 g/mol. The molecule has 0 atom stereocenters. The lowest BCUT2D eigenvalue weighted by Gasteiger charge is -2.13. The van der Waals surface area contributed by atoms with Crippen LogP contribution in [0, 0.1) is 5.82 Å². The molecular weight excluding hydrogens is 342 g/mol. The third-order valence-corrected chi connectivity index (χ3v) is 3.43. The van der Waals surface area contributed by atoms with Gasteiger partial charge in [-0.3, -0.25) is 4.98 Å². The molecule has 3 aromatic rings. The summed E-state index contributed by atoms with van der Waals surface area (Å²) in [5.74, 6) is -2.11. The van der Waals surface area contributed by atoms with E-state index in [1.54, 1.807) is 12.1 Å². The number of esters is 1. The summed E-state index contributed by atoms with van der Waals surface area (Å²) in [6.45, 7) is 1.36. The van der Waals surface area contributed by atoms with E-state index >= 15 is 0 Å². The second kappa shape index (κ2) is 6.15. The van der Waals surface area contributed by atoms with E-state index in [4.69, 9.17) is 0 Å². The van der Waals surface area contributed by atoms with Gasteiger partial charge in [-0.2, -0.15) is 18.3 Å². The number of halogens is 4. The molecule has 25 heavy (non-hydrogen) atoms. The van der Waals surface area contributed by atoms with Crippen molar-refractivity contribution < 1.29 is 27.1 Å². The van der Waals surface area contributed by atoms with E-state index in [0.717, 1.165) is 12.1 Å². The number of alkyl halides is 3. The first-order valence-corrected chi connectivity index (χ1v) is 7.20. The number of hydrogen-bond donors (Lipinski definition) is 0. The van der Waals surface area contributed by atoms with Crippen LogP contribution in [0.2, 0.25) is 0 Å². The van der Waals surface area contributed by atoms with E-state index in [2.05, 4.69) is 14.8 Å². The average Bonchev–Trinajstić information content (AvgIpc) is 2.99. The van der Waals surface area contributed by atoms with E-state index in [-0.39, 0.29) is 6.61 Å². The summed E-state index contributed by atoms with van der Waals surface area (Å²) in [5, 5.41) is 3.98. The molecule has 2 aromatic heterocycles. The minimum atomic E-state index is -4.94. The van der Waals surface area contributed by atoms with Crippen molar-refractivity contribution in [2.24, 2.45) is 0 Å². The number of ether oxygens (including phenoxy) is 1. The van der Waals surface area contributed by atoms with Crippen molar-refractivity contribution in [1.82, 2.24) is 14.8 Å². The van der Waals surface area contributed by atoms with Crippen LogP contribution in [-0.2, 0) is 10.9 Å². The second-order valence-electron chi connectivity index (χ2n) is 5.04. The molecular formula is C16H11F4N3O2. The van der Waals surface area contributed by atoms with Crippen LogP contribution in [0.5, 0.6) is 0 Å². The van der Waals surface area contributed by atoms with Crippen LogP contribution < -0.4 is 0 Å². The topological polar surface area (TPSA) is 57.0 Å². The smallest absolute Gasteiger partial charge is 0.434 e. The Morgan fingerprint density at radius 1 is 1.32 bits per heavy atom. The standard InChI is InChI=1S/C16H11F4N3O2/c1-2-25-15(24)10-8-22-23(14(10)16(18,19)20)13-7-12-9(6-11(13)17)4-3-5-21-12/h3-8H,2H2,1H3. The minimum Gasteiger partial charge on any atom is -0.462 e. The molecule has 0 saturated heterocycles. The third-order valence-electron chi connectivity index (χ3n) is 3.43. The molecule has 0 aliphatic heterocycles. The van der Waals surface area contributed by atoms with Crippen LogP contribution in [0.4, 0.5) is 17.6 Å². The molecule has 0 amide bonds. The van der Waals surface area contributed by atoms with Crippen molar-refractivity contribution >= 4 is 16.9 Å². The number of nitrogens with zero attached hydrogens (tertiary/aromatic N) is 3. The van der Waals surface area contributed by atoms with Crippen molar-refractivity contribution in [3.8, 4) is 5.69 Å². The summed E-state index contributed by atoms with van der Waals surface area (Å²) < 4.78 is 59.7. The Morgan fingerprint density at radius 3 is 2.76 bits per heavy atom. The molecule has 0 bridgehead atoms. The number of pyridine rings is 1. The van der Waals surface area contributed by atoms with Gasteiger partial charge >= 0.3 is 12.1 Å². The van der Waals surface area contributed by atoms with Gasteiger partial charge in [0.05, 0.1) is 18.3 Å². The van der Waals surface area contributed by atoms with Gasteiger partial charge in [0.1, 0.15) is 17.1 Å². The summed E-state index contributed by atoms with van der Waals surface area (Å²) >= 11 is 0. The maximum atomic E-state index is 14.4. The minimum absolute atomic E-state index is 0.102. The zero-order chi connectivity index (χ0) is 18.2. The van der Waals surface area contributed by atoms with E-state index in [1.165, 1.54) is 13.1 Å². The van der Waals surface area contributed by atoms with Crippen molar-refractivity contribution in [3.05, 3.63) is 53.7 Å². The molecule has 1 aromatic carbocycles. The Bertz CT molecular complexity index is 950. The highest BCUT2D eigenvalue weighted by Gasteiger charge is 2.41. The lowest BCUT2D eigenvalue weighted by Crippen LogP contribution is -2.19. The molecule has 0 radical (unpaired) electrons. The predicted molar refractivity (Wildman–Crippen MR) is 79.8 cm³/mol. The molecule has 0 aliphatic carbocycles. The second-order valence-corrected chi connectivity index (χ2v) is 5.04. The van der Waals surface area contributed by atoms with Crippen LogP contribution in [0.25, 0.3) is 16.6 Å². The van der Waals surface area contributed by atoms with Crippen molar-refractivity contribution in [2.45, 2.75) is 13.1 Å². The van der Waals surface area contributed by atoms with Crippen LogP contribution in [0.15, 0.2) is 36.7 Å². The number of benzene rings is 1. The zero-order valence-electron chi connectivity index (χ0n) is 12.8. The number of fused-ring (bicyclic) bond motifs is 1. The van der Waals surface area contributed by atoms with Crippen LogP contribution in [0.1, 0.15) is 23.0 Å². The van der Waals surface area contributed by atoms with Gasteiger partial charge in [0.15, 0.2) is 5.69 Å². The van der Waals surface area contributed by atoms with E-state index in [0.29, 0.717) is 21.8 Å². The molecule has 9 heteroatoms. The lowest BCUT2D eigenvalue weighted by molar-refractivity contribution is -0.143. The third kappa shape index (κ3) is 3.04. The first kappa shape index (κ1) is 16.9. The Labute approximate surface area is 138 Å². The molecule has 0 unspecified atom stereocenters. The molecule has 5 nitrogen and oxygen atoms in total. The fraction of sp³-hybridized carbons (Fsp3) is 0.188. The Kier molecular flexibility index (Phi) is 4.15. The van der Waals surface area contributed by atoms with E-state index in [9.17, 15) is 22.4 Å². The molecule has 3 rings (SSSR count). The summed E-state index contributed by atoms with van der Waals surface area (Å²) in [5.41, 5.74) is -2.36. The fourth-order valence-corrected chi connectivity index (χ4v) is 2.41. The van der Waals surface area contributed by atoms with Crippen molar-refractivity contribution in [3.63, 3.8) is 0 Å². The van der Waals surface area contributed by atoms with Gasteiger partial charge in [-0.15, -0.1) is 0 Å². The molecule has 0 N–H and O–H groups in total. The van der Waals surface area contributed by atoms with Gasteiger partial charge < -0.3 is 4.74 Å². The average molecular weight is 353 g/mol. The van der Waals surface area contributed by atoms with Gasteiger partial charge in [-0.25, -0.2) is 13.9 Å². The Balaban J connectivity index is 2.24. The normalized spacial score (nSPS) is 11.7. The summed E-state index contributed by atoms with van der Waals surface area (Å²) in [6.07, 6.45) is -2.80. The Morgan fingerprint density at radius 2 is 2.08 bits per heavy atom. The lowest BCUT2D eigenvalue weighted by atomic mass is 10.2. The molecule has 130 valence electrons. The SMILES string of the molecule is CCOC(=O)c1cnn(-c2cc3ncccc3cc2F)c1C(F)(F)F. The number of rotatable bonds is 3. The number of aromatic nitrogens is 3. The van der Waals surface area contributed by atoms with Crippen LogP contribution in [0.3, 0.4) is 0 Å². The predicted octanol–water partition coefficient (Wildman–Crippen LogP) is 3.76. The number of carbonyl (C=O) groups excluding carboxylic acids is 1. The van der Waals surface area contributed by atoms with E-state index in [1.807, 2.05) is 0 Å². The molecule has 0 spiro atoms. The maximum Gasteiger partial charge on any atom is 0.434 e. The largest absolute Gasteiger partial charge is 0.462 e. The fourth-order valence-electron chi connectivity index (χ4n) is 2.41. The summed E-state index contributed by atoms with van der Waals surface area (Å²) in [4.78, 5) is 15.8. The maximum absolute atomic E-state index is 14.4. The molecule has 0 aliphatic rings. The van der Waals surface area contributed by atoms with Crippen LogP contribution in [-0.4, -0.2) is 27.3 Å². The first-order valence-electron chi connectivity index (χ1n) is 7.20. The van der Waals surface area contributed by atoms with Gasteiger partial charge in [-0.05, 0) is 25.1 Å². The van der Waals surface area contributed by atoms with Crippen molar-refractivity contribution in [1.29, 1.82) is 0 Å². The quantitative estimate of drug-likeness (QED) is 0.531. The van der Waals surface area contributed by atoms with Gasteiger partial charge in [0.2, 0.25) is 0 Å². The first-order chi connectivity index (χ1) is 11.8. The number of hydrogen-bond acceptors (Lipinski definition) is 4. The van der Waals surface area contributed by atoms with Gasteiger partial charge in [-0.1, -0.05) is 6.07 Å². The molecule has 0 fully saturated rings. The highest BCUT2D eigenvalue weighted by molar-refractivity contribution is 5.91. The van der Waals surface area contributed by atoms with E-state index < -0.39 is 34.9 Å². The highest BCUT2D eigenvalue weighted by atomic mass is 19.4. The van der Waals surface area contributed by atoms with Crippen LogP contribution >= 0.6 is 0 Å². The van der Waals surface area contributed by atoms with Crippen molar-refractivity contribution in [2.75, 3.05) is 6.61 Å². The highest BCUT2D eigenvalue weighted by Crippen LogP contribution is 2.35. The summed E-state index contributed by atoms with van der Waals surface area (Å²) in [7, 11) is 0. The zero-order valence-corrected chi connectivity index (χ0v) is 12.8. The van der Waals surface area contributed by atoms with Gasteiger partial charge in [0.25, 0.3) is 0 Å². The van der Waals surface area contributed by atoms with Gasteiger partial charge in [0, 0.05) is 11.6 Å². The molecule has 0 saturated carbocycles.